The van der Waals surface area contributed by atoms with E-state index in [1.165, 1.54) is 18.2 Å². The minimum absolute atomic E-state index is 0.289. The van der Waals surface area contributed by atoms with Crippen molar-refractivity contribution in [1.29, 1.82) is 0 Å². The van der Waals surface area contributed by atoms with Crippen LogP contribution in [0.3, 0.4) is 0 Å². The molecule has 0 radical (unpaired) electrons. The number of nitrogens with zero attached hydrogens (tertiary/aromatic N) is 3. The fraction of sp³-hybridized carbons (Fsp3) is 0.240. The standard InChI is InChI=1S/C25H25ClFN5O2/c1-2-33-11-9-28-10-12-34-19-4-5-20-23(7-8-29-24(20)15-19)31-18-14-25(32-30-16-18)21-13-17(26)3-6-22(21)27/h3-8,13-16,28H,2,9-12H2,1H3,(H,29,31,32). The second-order valence-corrected chi connectivity index (χ2v) is 7.85. The van der Waals surface area contributed by atoms with Crippen molar-refractivity contribution >= 4 is 33.9 Å². The summed E-state index contributed by atoms with van der Waals surface area (Å²) in [4.78, 5) is 4.46. The summed E-state index contributed by atoms with van der Waals surface area (Å²) in [6, 6.07) is 13.7. The number of fused-ring (bicyclic) bond motifs is 1. The van der Waals surface area contributed by atoms with E-state index in [1.54, 1.807) is 18.5 Å². The van der Waals surface area contributed by atoms with Crippen molar-refractivity contribution in [2.45, 2.75) is 6.92 Å². The number of rotatable bonds is 11. The third-order valence-corrected chi connectivity index (χ3v) is 5.26. The minimum atomic E-state index is -0.415. The number of ether oxygens (including phenoxy) is 2. The average molecular weight is 482 g/mol. The van der Waals surface area contributed by atoms with Crippen LogP contribution in [0.1, 0.15) is 6.92 Å². The molecule has 0 atom stereocenters. The van der Waals surface area contributed by atoms with Gasteiger partial charge < -0.3 is 20.1 Å². The van der Waals surface area contributed by atoms with Gasteiger partial charge in [0.15, 0.2) is 0 Å². The zero-order valence-corrected chi connectivity index (χ0v) is 19.5. The van der Waals surface area contributed by atoms with E-state index in [4.69, 9.17) is 21.1 Å². The van der Waals surface area contributed by atoms with Gasteiger partial charge in [0, 0.05) is 53.6 Å². The van der Waals surface area contributed by atoms with E-state index < -0.39 is 5.82 Å². The van der Waals surface area contributed by atoms with Crippen molar-refractivity contribution in [3.8, 4) is 17.0 Å². The Labute approximate surface area is 202 Å². The first kappa shape index (κ1) is 23.8. The molecule has 0 saturated carbocycles. The lowest BCUT2D eigenvalue weighted by molar-refractivity contribution is 0.148. The Kier molecular flexibility index (Phi) is 8.19. The number of benzene rings is 2. The number of nitrogens with one attached hydrogen (secondary N) is 2. The molecule has 34 heavy (non-hydrogen) atoms. The summed E-state index contributed by atoms with van der Waals surface area (Å²) < 4.78 is 25.4. The van der Waals surface area contributed by atoms with E-state index in [2.05, 4.69) is 25.8 Å². The highest BCUT2D eigenvalue weighted by atomic mass is 35.5. The van der Waals surface area contributed by atoms with Gasteiger partial charge in [0.05, 0.1) is 29.7 Å². The molecule has 0 bridgehead atoms. The van der Waals surface area contributed by atoms with Crippen molar-refractivity contribution in [3.05, 3.63) is 71.8 Å². The zero-order chi connectivity index (χ0) is 23.8. The molecule has 0 aliphatic rings. The molecular formula is C25H25ClFN5O2. The lowest BCUT2D eigenvalue weighted by atomic mass is 10.1. The maximum Gasteiger partial charge on any atom is 0.132 e. The fourth-order valence-corrected chi connectivity index (χ4v) is 3.57. The van der Waals surface area contributed by atoms with Crippen molar-refractivity contribution in [1.82, 2.24) is 20.5 Å². The maximum absolute atomic E-state index is 14.3. The van der Waals surface area contributed by atoms with Gasteiger partial charge in [-0.1, -0.05) is 11.6 Å². The summed E-state index contributed by atoms with van der Waals surface area (Å²) in [5.74, 6) is 0.329. The van der Waals surface area contributed by atoms with Gasteiger partial charge in [-0.2, -0.15) is 10.2 Å². The first-order valence-electron chi connectivity index (χ1n) is 11.0. The largest absolute Gasteiger partial charge is 0.492 e. The monoisotopic (exact) mass is 481 g/mol. The van der Waals surface area contributed by atoms with Crippen LogP contribution in [0.5, 0.6) is 5.75 Å². The van der Waals surface area contributed by atoms with Crippen LogP contribution in [0, 0.1) is 5.82 Å². The Morgan fingerprint density at radius 2 is 1.91 bits per heavy atom. The quantitative estimate of drug-likeness (QED) is 0.284. The zero-order valence-electron chi connectivity index (χ0n) is 18.7. The number of anilines is 2. The highest BCUT2D eigenvalue weighted by Gasteiger charge is 2.10. The van der Waals surface area contributed by atoms with E-state index in [9.17, 15) is 4.39 Å². The molecule has 0 spiro atoms. The Bertz CT molecular complexity index is 1260. The average Bonchev–Trinajstić information content (AvgIpc) is 2.85. The van der Waals surface area contributed by atoms with Crippen LogP contribution < -0.4 is 15.4 Å². The predicted octanol–water partition coefficient (Wildman–Crippen LogP) is 5.23. The van der Waals surface area contributed by atoms with E-state index in [0.717, 1.165) is 42.0 Å². The van der Waals surface area contributed by atoms with E-state index >= 15 is 0 Å². The molecule has 0 unspecified atom stereocenters. The third-order valence-electron chi connectivity index (χ3n) is 5.03. The predicted molar refractivity (Wildman–Crippen MR) is 132 cm³/mol. The normalized spacial score (nSPS) is 11.0. The first-order chi connectivity index (χ1) is 16.6. The van der Waals surface area contributed by atoms with E-state index in [-0.39, 0.29) is 5.56 Å². The van der Waals surface area contributed by atoms with Gasteiger partial charge in [0.1, 0.15) is 18.2 Å². The SMILES string of the molecule is CCOCCNCCOc1ccc2c(Nc3cnnc(-c4cc(Cl)ccc4F)c3)ccnc2c1. The van der Waals surface area contributed by atoms with Crippen LogP contribution >= 0.6 is 11.6 Å². The molecule has 2 aromatic heterocycles. The molecule has 0 aliphatic heterocycles. The summed E-state index contributed by atoms with van der Waals surface area (Å²) in [6.45, 7) is 5.45. The highest BCUT2D eigenvalue weighted by Crippen LogP contribution is 2.30. The van der Waals surface area contributed by atoms with Gasteiger partial charge in [-0.3, -0.25) is 4.98 Å². The summed E-state index contributed by atoms with van der Waals surface area (Å²) in [5.41, 5.74) is 2.95. The Balaban J connectivity index is 1.45. The van der Waals surface area contributed by atoms with Crippen LogP contribution in [0.15, 0.2) is 60.9 Å². The molecule has 0 fully saturated rings. The number of hydrogen-bond donors (Lipinski definition) is 2. The molecule has 4 rings (SSSR count). The van der Waals surface area contributed by atoms with Gasteiger partial charge in [0.25, 0.3) is 0 Å². The van der Waals surface area contributed by atoms with Crippen molar-refractivity contribution in [2.24, 2.45) is 0 Å². The number of halogens is 2. The number of aromatic nitrogens is 3. The molecule has 9 heteroatoms. The van der Waals surface area contributed by atoms with Crippen molar-refractivity contribution in [2.75, 3.05) is 38.2 Å². The van der Waals surface area contributed by atoms with Crippen LogP contribution in [0.4, 0.5) is 15.8 Å². The molecule has 2 N–H and O–H groups in total. The molecular weight excluding hydrogens is 457 g/mol. The number of pyridine rings is 1. The molecule has 0 amide bonds. The van der Waals surface area contributed by atoms with Crippen LogP contribution in [0.25, 0.3) is 22.2 Å². The van der Waals surface area contributed by atoms with Crippen LogP contribution in [-0.4, -0.2) is 48.1 Å². The van der Waals surface area contributed by atoms with Gasteiger partial charge in [0.2, 0.25) is 0 Å². The molecule has 7 nitrogen and oxygen atoms in total. The lowest BCUT2D eigenvalue weighted by Crippen LogP contribution is -2.25. The molecule has 4 aromatic rings. The van der Waals surface area contributed by atoms with Crippen molar-refractivity contribution in [3.63, 3.8) is 0 Å². The Morgan fingerprint density at radius 3 is 2.79 bits per heavy atom. The lowest BCUT2D eigenvalue weighted by Gasteiger charge is -2.12. The first-order valence-corrected chi connectivity index (χ1v) is 11.4. The van der Waals surface area contributed by atoms with Gasteiger partial charge in [-0.25, -0.2) is 4.39 Å². The Morgan fingerprint density at radius 1 is 1.03 bits per heavy atom. The van der Waals surface area contributed by atoms with Gasteiger partial charge in [-0.05, 0) is 49.4 Å². The molecule has 176 valence electrons. The summed E-state index contributed by atoms with van der Waals surface area (Å²) >= 11 is 6.02. The maximum atomic E-state index is 14.3. The minimum Gasteiger partial charge on any atom is -0.492 e. The number of hydrogen-bond acceptors (Lipinski definition) is 7. The smallest absolute Gasteiger partial charge is 0.132 e. The molecule has 0 aliphatic carbocycles. The second-order valence-electron chi connectivity index (χ2n) is 7.41. The topological polar surface area (TPSA) is 81.2 Å². The Hall–Kier alpha value is -3.33. The third kappa shape index (κ3) is 6.17. The molecule has 2 aromatic carbocycles. The van der Waals surface area contributed by atoms with Crippen LogP contribution in [0.2, 0.25) is 5.02 Å². The van der Waals surface area contributed by atoms with Crippen molar-refractivity contribution < 1.29 is 13.9 Å². The van der Waals surface area contributed by atoms with Gasteiger partial charge in [-0.15, -0.1) is 0 Å². The highest BCUT2D eigenvalue weighted by molar-refractivity contribution is 6.30. The van der Waals surface area contributed by atoms with Crippen LogP contribution in [-0.2, 0) is 4.74 Å². The van der Waals surface area contributed by atoms with E-state index in [0.29, 0.717) is 29.6 Å². The summed E-state index contributed by atoms with van der Waals surface area (Å²) in [6.07, 6.45) is 3.30. The molecule has 2 heterocycles. The summed E-state index contributed by atoms with van der Waals surface area (Å²) in [5, 5.41) is 16.0. The molecule has 0 saturated heterocycles. The fourth-order valence-electron chi connectivity index (χ4n) is 3.40. The summed E-state index contributed by atoms with van der Waals surface area (Å²) in [7, 11) is 0. The second kappa shape index (κ2) is 11.7. The van der Waals surface area contributed by atoms with Gasteiger partial charge >= 0.3 is 0 Å². The van der Waals surface area contributed by atoms with E-state index in [1.807, 2.05) is 31.2 Å².